The molecule has 0 aliphatic carbocycles. The molecular formula is C13H10FNO2. The van der Waals surface area contributed by atoms with Crippen LogP contribution < -0.4 is 0 Å². The fourth-order valence-electron chi connectivity index (χ4n) is 1.61. The lowest BCUT2D eigenvalue weighted by molar-refractivity contribution is 0.0690. The number of halogens is 1. The van der Waals surface area contributed by atoms with Crippen molar-refractivity contribution in [2.24, 2.45) is 0 Å². The van der Waals surface area contributed by atoms with Crippen molar-refractivity contribution in [3.63, 3.8) is 0 Å². The molecule has 1 N–H and O–H groups in total. The number of nitrogens with zero attached hydrogens (tertiary/aromatic N) is 1. The zero-order valence-electron chi connectivity index (χ0n) is 9.14. The Labute approximate surface area is 97.6 Å². The minimum Gasteiger partial charge on any atom is -0.477 e. The predicted octanol–water partition coefficient (Wildman–Crippen LogP) is 2.89. The summed E-state index contributed by atoms with van der Waals surface area (Å²) in [7, 11) is 0. The van der Waals surface area contributed by atoms with Gasteiger partial charge in [0.15, 0.2) is 0 Å². The first-order chi connectivity index (χ1) is 8.06. The Bertz CT molecular complexity index is 581. The number of aryl methyl sites for hydroxylation is 1. The second-order valence-corrected chi connectivity index (χ2v) is 3.70. The summed E-state index contributed by atoms with van der Waals surface area (Å²) in [5, 5.41) is 8.90. The van der Waals surface area contributed by atoms with Crippen molar-refractivity contribution in [2.75, 3.05) is 0 Å². The molecule has 0 fully saturated rings. The van der Waals surface area contributed by atoms with E-state index in [0.29, 0.717) is 16.8 Å². The molecule has 86 valence electrons. The molecule has 17 heavy (non-hydrogen) atoms. The minimum atomic E-state index is -1.09. The highest BCUT2D eigenvalue weighted by molar-refractivity contribution is 5.87. The number of carbonyl (C=O) groups is 1. The zero-order valence-corrected chi connectivity index (χ0v) is 9.14. The first-order valence-corrected chi connectivity index (χ1v) is 5.04. The number of benzene rings is 1. The Morgan fingerprint density at radius 1 is 1.24 bits per heavy atom. The van der Waals surface area contributed by atoms with E-state index in [-0.39, 0.29) is 11.5 Å². The topological polar surface area (TPSA) is 50.2 Å². The quantitative estimate of drug-likeness (QED) is 0.864. The third kappa shape index (κ3) is 2.47. The minimum absolute atomic E-state index is 0.0377. The second-order valence-electron chi connectivity index (χ2n) is 3.70. The lowest BCUT2D eigenvalue weighted by Crippen LogP contribution is -2.01. The van der Waals surface area contributed by atoms with Crippen LogP contribution in [0.1, 0.15) is 16.2 Å². The summed E-state index contributed by atoms with van der Waals surface area (Å²) in [6, 6.07) is 9.17. The van der Waals surface area contributed by atoms with Crippen LogP contribution in [0, 0.1) is 12.7 Å². The first-order valence-electron chi connectivity index (χ1n) is 5.04. The van der Waals surface area contributed by atoms with Gasteiger partial charge in [-0.1, -0.05) is 12.1 Å². The van der Waals surface area contributed by atoms with Crippen LogP contribution in [0.3, 0.4) is 0 Å². The van der Waals surface area contributed by atoms with Crippen LogP contribution in [-0.4, -0.2) is 16.1 Å². The van der Waals surface area contributed by atoms with Crippen LogP contribution in [0.15, 0.2) is 36.4 Å². The van der Waals surface area contributed by atoms with Crippen LogP contribution in [0.4, 0.5) is 4.39 Å². The number of carboxylic acid groups (broad SMARTS) is 1. The molecular weight excluding hydrogens is 221 g/mol. The van der Waals surface area contributed by atoms with Gasteiger partial charge in [0.1, 0.15) is 11.5 Å². The second kappa shape index (κ2) is 4.33. The maximum atomic E-state index is 13.1. The Balaban J connectivity index is 2.56. The van der Waals surface area contributed by atoms with Gasteiger partial charge in [-0.25, -0.2) is 14.2 Å². The molecule has 1 aromatic heterocycles. The van der Waals surface area contributed by atoms with E-state index in [1.807, 2.05) is 0 Å². The maximum Gasteiger partial charge on any atom is 0.354 e. The molecule has 0 unspecified atom stereocenters. The Morgan fingerprint density at radius 3 is 2.65 bits per heavy atom. The molecule has 0 saturated heterocycles. The van der Waals surface area contributed by atoms with Gasteiger partial charge in [0.25, 0.3) is 0 Å². The van der Waals surface area contributed by atoms with Crippen molar-refractivity contribution in [1.82, 2.24) is 4.98 Å². The average molecular weight is 231 g/mol. The molecule has 3 nitrogen and oxygen atoms in total. The van der Waals surface area contributed by atoms with E-state index in [2.05, 4.69) is 4.98 Å². The van der Waals surface area contributed by atoms with Crippen LogP contribution in [0.25, 0.3) is 11.1 Å². The molecule has 4 heteroatoms. The highest BCUT2D eigenvalue weighted by atomic mass is 19.1. The smallest absolute Gasteiger partial charge is 0.354 e. The number of aromatic nitrogens is 1. The Morgan fingerprint density at radius 2 is 2.00 bits per heavy atom. The summed E-state index contributed by atoms with van der Waals surface area (Å²) in [5.41, 5.74) is 1.83. The van der Waals surface area contributed by atoms with Crippen LogP contribution in [0.5, 0.6) is 0 Å². The number of carboxylic acids is 1. The lowest BCUT2D eigenvalue weighted by atomic mass is 10.0. The lowest BCUT2D eigenvalue weighted by Gasteiger charge is -2.04. The maximum absolute atomic E-state index is 13.1. The van der Waals surface area contributed by atoms with Crippen LogP contribution in [0.2, 0.25) is 0 Å². The van der Waals surface area contributed by atoms with E-state index in [1.54, 1.807) is 25.1 Å². The molecule has 0 saturated carbocycles. The standard InChI is InChI=1S/C13H10FNO2/c1-8-5-10(7-12(15-8)13(16)17)9-3-2-4-11(14)6-9/h2-7H,1H3,(H,16,17). The van der Waals surface area contributed by atoms with Crippen molar-refractivity contribution in [3.05, 3.63) is 53.6 Å². The van der Waals surface area contributed by atoms with Gasteiger partial charge in [0.05, 0.1) is 0 Å². The Hall–Kier alpha value is -2.23. The summed E-state index contributed by atoms with van der Waals surface area (Å²) >= 11 is 0. The van der Waals surface area contributed by atoms with Gasteiger partial charge < -0.3 is 5.11 Å². The Kier molecular flexibility index (Phi) is 2.87. The number of hydrogen-bond donors (Lipinski definition) is 1. The van der Waals surface area contributed by atoms with Gasteiger partial charge in [-0.2, -0.15) is 0 Å². The molecule has 2 rings (SSSR count). The summed E-state index contributed by atoms with van der Waals surface area (Å²) in [6.45, 7) is 1.70. The summed E-state index contributed by atoms with van der Waals surface area (Å²) in [5.74, 6) is -1.44. The number of pyridine rings is 1. The molecule has 0 atom stereocenters. The first kappa shape index (κ1) is 11.3. The van der Waals surface area contributed by atoms with Crippen LogP contribution >= 0.6 is 0 Å². The van der Waals surface area contributed by atoms with Crippen molar-refractivity contribution < 1.29 is 14.3 Å². The normalized spacial score (nSPS) is 10.2. The van der Waals surface area contributed by atoms with Crippen LogP contribution in [-0.2, 0) is 0 Å². The van der Waals surface area contributed by atoms with Crippen molar-refractivity contribution >= 4 is 5.97 Å². The van der Waals surface area contributed by atoms with E-state index in [0.717, 1.165) is 0 Å². The molecule has 0 aliphatic heterocycles. The number of aromatic carboxylic acids is 1. The van der Waals surface area contributed by atoms with Gasteiger partial charge in [-0.15, -0.1) is 0 Å². The fraction of sp³-hybridized carbons (Fsp3) is 0.0769. The average Bonchev–Trinajstić information content (AvgIpc) is 2.28. The molecule has 1 aromatic carbocycles. The summed E-state index contributed by atoms with van der Waals surface area (Å²) in [6.07, 6.45) is 0. The van der Waals surface area contributed by atoms with Gasteiger partial charge in [-0.05, 0) is 42.3 Å². The molecule has 0 radical (unpaired) electrons. The third-order valence-electron chi connectivity index (χ3n) is 2.33. The third-order valence-corrected chi connectivity index (χ3v) is 2.33. The summed E-state index contributed by atoms with van der Waals surface area (Å²) < 4.78 is 13.1. The molecule has 0 amide bonds. The van der Waals surface area contributed by atoms with Gasteiger partial charge in [0.2, 0.25) is 0 Å². The van der Waals surface area contributed by atoms with Crippen molar-refractivity contribution in [2.45, 2.75) is 6.92 Å². The van der Waals surface area contributed by atoms with E-state index >= 15 is 0 Å². The highest BCUT2D eigenvalue weighted by Gasteiger charge is 2.08. The van der Waals surface area contributed by atoms with Gasteiger partial charge in [-0.3, -0.25) is 0 Å². The van der Waals surface area contributed by atoms with E-state index in [4.69, 9.17) is 5.11 Å². The fourth-order valence-corrected chi connectivity index (χ4v) is 1.61. The van der Waals surface area contributed by atoms with Crippen molar-refractivity contribution in [3.8, 4) is 11.1 Å². The molecule has 1 heterocycles. The predicted molar refractivity (Wildman–Crippen MR) is 61.3 cm³/mol. The number of hydrogen-bond acceptors (Lipinski definition) is 2. The van der Waals surface area contributed by atoms with E-state index in [1.165, 1.54) is 18.2 Å². The molecule has 0 aliphatic rings. The van der Waals surface area contributed by atoms with E-state index in [9.17, 15) is 9.18 Å². The largest absolute Gasteiger partial charge is 0.477 e. The zero-order chi connectivity index (χ0) is 12.4. The highest BCUT2D eigenvalue weighted by Crippen LogP contribution is 2.21. The number of rotatable bonds is 2. The molecule has 2 aromatic rings. The van der Waals surface area contributed by atoms with Gasteiger partial charge in [0, 0.05) is 5.69 Å². The van der Waals surface area contributed by atoms with Crippen molar-refractivity contribution in [1.29, 1.82) is 0 Å². The SMILES string of the molecule is Cc1cc(-c2cccc(F)c2)cc(C(=O)O)n1. The molecule has 0 bridgehead atoms. The summed E-state index contributed by atoms with van der Waals surface area (Å²) in [4.78, 5) is 14.8. The van der Waals surface area contributed by atoms with E-state index < -0.39 is 5.97 Å². The monoisotopic (exact) mass is 231 g/mol. The molecule has 0 spiro atoms. The van der Waals surface area contributed by atoms with Gasteiger partial charge >= 0.3 is 5.97 Å².